The van der Waals surface area contributed by atoms with E-state index in [2.05, 4.69) is 4.98 Å². The maximum absolute atomic E-state index is 13.7. The maximum atomic E-state index is 13.7. The molecule has 6 nitrogen and oxygen atoms in total. The van der Waals surface area contributed by atoms with Gasteiger partial charge in [0.25, 0.3) is 0 Å². The average Bonchev–Trinajstić information content (AvgIpc) is 2.91. The zero-order valence-corrected chi connectivity index (χ0v) is 20.2. The normalized spacial score (nSPS) is 13.0. The third-order valence-corrected chi connectivity index (χ3v) is 5.93. The fraction of sp³-hybridized carbons (Fsp3) is 0.259. The van der Waals surface area contributed by atoms with Crippen LogP contribution >= 0.6 is 11.6 Å². The minimum absolute atomic E-state index is 0.0395. The first-order valence-corrected chi connectivity index (χ1v) is 11.7. The summed E-state index contributed by atoms with van der Waals surface area (Å²) in [7, 11) is 1.43. The van der Waals surface area contributed by atoms with E-state index in [-0.39, 0.29) is 30.3 Å². The van der Waals surface area contributed by atoms with Crippen molar-refractivity contribution in [3.63, 3.8) is 0 Å². The van der Waals surface area contributed by atoms with Gasteiger partial charge in [-0.25, -0.2) is 13.8 Å². The van der Waals surface area contributed by atoms with Crippen molar-refractivity contribution in [1.29, 1.82) is 0 Å². The first-order chi connectivity index (χ1) is 17.4. The van der Waals surface area contributed by atoms with E-state index < -0.39 is 18.6 Å². The summed E-state index contributed by atoms with van der Waals surface area (Å²) in [5.74, 6) is 0.406. The van der Waals surface area contributed by atoms with Crippen molar-refractivity contribution in [1.82, 2.24) is 4.98 Å². The lowest BCUT2D eigenvalue weighted by molar-refractivity contribution is 0.0937. The van der Waals surface area contributed by atoms with Crippen LogP contribution in [0.4, 0.5) is 8.78 Å². The molecule has 188 valence electrons. The Labute approximate surface area is 212 Å². The number of hydrogen-bond acceptors (Lipinski definition) is 6. The third-order valence-electron chi connectivity index (χ3n) is 5.64. The minimum atomic E-state index is -1.04. The smallest absolute Gasteiger partial charge is 0.163 e. The summed E-state index contributed by atoms with van der Waals surface area (Å²) in [4.78, 5) is 17.4. The number of ether oxygens (including phenoxy) is 3. The number of rotatable bonds is 10. The number of ketones is 1. The Morgan fingerprint density at radius 2 is 2.06 bits per heavy atom. The number of aromatic nitrogens is 1. The average molecular weight is 516 g/mol. The molecule has 3 aromatic rings. The van der Waals surface area contributed by atoms with Gasteiger partial charge >= 0.3 is 0 Å². The summed E-state index contributed by atoms with van der Waals surface area (Å²) in [6.45, 7) is -0.402. The second-order valence-electron chi connectivity index (χ2n) is 8.04. The number of nitrogens with zero attached hydrogens (tertiary/aromatic N) is 1. The monoisotopic (exact) mass is 515 g/mol. The molecule has 1 aliphatic heterocycles. The Hall–Kier alpha value is -3.49. The Morgan fingerprint density at radius 3 is 2.81 bits per heavy atom. The highest BCUT2D eigenvalue weighted by molar-refractivity contribution is 6.31. The summed E-state index contributed by atoms with van der Waals surface area (Å²) in [6.07, 6.45) is 2.80. The van der Waals surface area contributed by atoms with Crippen molar-refractivity contribution in [2.24, 2.45) is 0 Å². The highest BCUT2D eigenvalue weighted by Crippen LogP contribution is 2.38. The molecule has 0 spiro atoms. The molecule has 0 bridgehead atoms. The molecule has 1 aromatic heterocycles. The number of halogens is 3. The van der Waals surface area contributed by atoms with E-state index in [4.69, 9.17) is 25.8 Å². The van der Waals surface area contributed by atoms with Crippen molar-refractivity contribution in [2.45, 2.75) is 18.9 Å². The number of fused-ring (bicyclic) bond motifs is 1. The lowest BCUT2D eigenvalue weighted by Crippen LogP contribution is -2.10. The van der Waals surface area contributed by atoms with E-state index >= 15 is 0 Å². The molecule has 0 amide bonds. The summed E-state index contributed by atoms with van der Waals surface area (Å²) in [5.41, 5.74) is 2.40. The molecule has 1 aliphatic rings. The molecular weight excluding hydrogens is 492 g/mol. The summed E-state index contributed by atoms with van der Waals surface area (Å²) >= 11 is 5.97. The SMILES string of the molecule is COc1cc(C(=O)CCC(O)c2cc3c(c(-c4ccc(F)c(Cl)c4)n2)OCC=C3)ccc1OCCF. The Bertz CT molecular complexity index is 1300. The molecule has 0 saturated carbocycles. The van der Waals surface area contributed by atoms with Crippen LogP contribution in [0.2, 0.25) is 5.02 Å². The number of pyridine rings is 1. The maximum Gasteiger partial charge on any atom is 0.163 e. The molecule has 0 saturated heterocycles. The number of carbonyl (C=O) groups is 1. The quantitative estimate of drug-likeness (QED) is 0.334. The van der Waals surface area contributed by atoms with Gasteiger partial charge < -0.3 is 19.3 Å². The molecule has 0 radical (unpaired) electrons. The second kappa shape index (κ2) is 11.5. The van der Waals surface area contributed by atoms with E-state index in [1.54, 1.807) is 24.3 Å². The molecule has 1 atom stereocenters. The molecule has 4 rings (SSSR count). The fourth-order valence-corrected chi connectivity index (χ4v) is 4.01. The van der Waals surface area contributed by atoms with Crippen LogP contribution in [0.25, 0.3) is 17.3 Å². The van der Waals surface area contributed by atoms with Gasteiger partial charge in [-0.05, 0) is 55.0 Å². The standard InChI is InChI=1S/C27H24ClF2NO5/c1-34-25-15-16(5-9-24(25)35-12-10-29)22(32)7-8-23(33)21-14-18-3-2-11-36-27(18)26(31-21)17-4-6-20(30)19(28)13-17/h2-6,9,13-15,23,33H,7-8,10-12H2,1H3. The van der Waals surface area contributed by atoms with Crippen LogP contribution in [0, 0.1) is 5.82 Å². The number of Topliss-reactive ketones (excluding diaryl/α,β-unsaturated/α-hetero) is 1. The molecule has 9 heteroatoms. The van der Waals surface area contributed by atoms with Gasteiger partial charge in [0, 0.05) is 23.1 Å². The van der Waals surface area contributed by atoms with Gasteiger partial charge in [-0.1, -0.05) is 17.7 Å². The van der Waals surface area contributed by atoms with Gasteiger partial charge in [-0.2, -0.15) is 0 Å². The lowest BCUT2D eigenvalue weighted by Gasteiger charge is -2.20. The minimum Gasteiger partial charge on any atom is -0.493 e. The first-order valence-electron chi connectivity index (χ1n) is 11.3. The second-order valence-corrected chi connectivity index (χ2v) is 8.44. The van der Waals surface area contributed by atoms with E-state index in [1.807, 2.05) is 12.2 Å². The lowest BCUT2D eigenvalue weighted by atomic mass is 9.99. The van der Waals surface area contributed by atoms with Gasteiger partial charge in [0.05, 0.1) is 23.9 Å². The zero-order chi connectivity index (χ0) is 25.7. The molecule has 2 aromatic carbocycles. The number of aliphatic hydroxyl groups excluding tert-OH is 1. The van der Waals surface area contributed by atoms with E-state index in [9.17, 15) is 18.7 Å². The van der Waals surface area contributed by atoms with Crippen LogP contribution in [0.3, 0.4) is 0 Å². The summed E-state index contributed by atoms with van der Waals surface area (Å²) < 4.78 is 42.4. The highest BCUT2D eigenvalue weighted by atomic mass is 35.5. The number of carbonyl (C=O) groups excluding carboxylic acids is 1. The van der Waals surface area contributed by atoms with Crippen molar-refractivity contribution in [2.75, 3.05) is 27.0 Å². The molecular formula is C27H24ClF2NO5. The third kappa shape index (κ3) is 5.66. The zero-order valence-electron chi connectivity index (χ0n) is 19.5. The Kier molecular flexibility index (Phi) is 8.18. The van der Waals surface area contributed by atoms with Gasteiger partial charge in [-0.15, -0.1) is 0 Å². The molecule has 1 N–H and O–H groups in total. The van der Waals surface area contributed by atoms with Crippen LogP contribution in [-0.2, 0) is 0 Å². The van der Waals surface area contributed by atoms with Gasteiger partial charge in [-0.3, -0.25) is 4.79 Å². The number of methoxy groups -OCH3 is 1. The number of aliphatic hydroxyl groups is 1. The summed E-state index contributed by atoms with van der Waals surface area (Å²) in [5, 5.41) is 10.8. The fourth-order valence-electron chi connectivity index (χ4n) is 3.83. The largest absolute Gasteiger partial charge is 0.493 e. The van der Waals surface area contributed by atoms with Crippen molar-refractivity contribution in [3.8, 4) is 28.5 Å². The molecule has 1 unspecified atom stereocenters. The number of hydrogen-bond donors (Lipinski definition) is 1. The van der Waals surface area contributed by atoms with Crippen molar-refractivity contribution >= 4 is 23.5 Å². The predicted molar refractivity (Wildman–Crippen MR) is 132 cm³/mol. The van der Waals surface area contributed by atoms with Crippen molar-refractivity contribution in [3.05, 3.63) is 76.2 Å². The van der Waals surface area contributed by atoms with Crippen LogP contribution in [0.5, 0.6) is 17.2 Å². The highest BCUT2D eigenvalue weighted by Gasteiger charge is 2.22. The van der Waals surface area contributed by atoms with Crippen LogP contribution in [0.15, 0.2) is 48.5 Å². The van der Waals surface area contributed by atoms with E-state index in [1.165, 1.54) is 25.3 Å². The number of benzene rings is 2. The molecule has 36 heavy (non-hydrogen) atoms. The predicted octanol–water partition coefficient (Wildman–Crippen LogP) is 6.00. The van der Waals surface area contributed by atoms with E-state index in [0.717, 1.165) is 0 Å². The number of alkyl halides is 1. The van der Waals surface area contributed by atoms with Crippen LogP contribution in [-0.4, -0.2) is 42.9 Å². The topological polar surface area (TPSA) is 77.9 Å². The molecule has 2 heterocycles. The van der Waals surface area contributed by atoms with Gasteiger partial charge in [0.15, 0.2) is 23.0 Å². The van der Waals surface area contributed by atoms with E-state index in [0.29, 0.717) is 51.9 Å². The first kappa shape index (κ1) is 25.6. The van der Waals surface area contributed by atoms with Gasteiger partial charge in [0.1, 0.15) is 31.4 Å². The summed E-state index contributed by atoms with van der Waals surface area (Å²) in [6, 6.07) is 10.6. The Balaban J connectivity index is 1.54. The van der Waals surface area contributed by atoms with Gasteiger partial charge in [0.2, 0.25) is 0 Å². The molecule has 0 fully saturated rings. The Morgan fingerprint density at radius 1 is 1.22 bits per heavy atom. The molecule has 0 aliphatic carbocycles. The van der Waals surface area contributed by atoms with Crippen LogP contribution in [0.1, 0.15) is 40.6 Å². The van der Waals surface area contributed by atoms with Crippen LogP contribution < -0.4 is 14.2 Å². The van der Waals surface area contributed by atoms with Crippen molar-refractivity contribution < 1.29 is 32.9 Å².